The fourth-order valence-electron chi connectivity index (χ4n) is 1.72. The molecular formula is C16H12ClN3O2. The topological polar surface area (TPSA) is 75.0 Å². The minimum atomic E-state index is -0.521. The highest BCUT2D eigenvalue weighted by atomic mass is 35.5. The van der Waals surface area contributed by atoms with E-state index in [9.17, 15) is 4.79 Å². The lowest BCUT2D eigenvalue weighted by atomic mass is 10.1. The number of carbonyl (C=O) groups excluding carboxylic acids is 1. The van der Waals surface area contributed by atoms with Gasteiger partial charge in [-0.2, -0.15) is 5.26 Å². The SMILES string of the molecule is COc1ccc(NC(=O)/C(C#N)=C/c2cccnc2)cc1Cl. The van der Waals surface area contributed by atoms with Gasteiger partial charge < -0.3 is 10.1 Å². The second-order valence-corrected chi connectivity index (χ2v) is 4.67. The number of carbonyl (C=O) groups is 1. The first-order valence-corrected chi connectivity index (χ1v) is 6.68. The quantitative estimate of drug-likeness (QED) is 0.694. The normalized spacial score (nSPS) is 10.7. The number of benzene rings is 1. The van der Waals surface area contributed by atoms with Crippen molar-refractivity contribution in [3.63, 3.8) is 0 Å². The molecule has 2 rings (SSSR count). The van der Waals surface area contributed by atoms with Crippen LogP contribution in [0.1, 0.15) is 5.56 Å². The van der Waals surface area contributed by atoms with E-state index in [0.717, 1.165) is 0 Å². The van der Waals surface area contributed by atoms with E-state index in [1.165, 1.54) is 13.2 Å². The smallest absolute Gasteiger partial charge is 0.266 e. The molecule has 0 saturated carbocycles. The van der Waals surface area contributed by atoms with Crippen molar-refractivity contribution >= 4 is 29.3 Å². The summed E-state index contributed by atoms with van der Waals surface area (Å²) < 4.78 is 5.04. The van der Waals surface area contributed by atoms with Gasteiger partial charge in [0, 0.05) is 18.1 Å². The van der Waals surface area contributed by atoms with Crippen LogP contribution in [0.5, 0.6) is 5.75 Å². The largest absolute Gasteiger partial charge is 0.495 e. The van der Waals surface area contributed by atoms with Gasteiger partial charge in [0.05, 0.1) is 12.1 Å². The van der Waals surface area contributed by atoms with Crippen molar-refractivity contribution < 1.29 is 9.53 Å². The highest BCUT2D eigenvalue weighted by Crippen LogP contribution is 2.27. The minimum Gasteiger partial charge on any atom is -0.495 e. The molecule has 110 valence electrons. The minimum absolute atomic E-state index is 0.0278. The third-order valence-electron chi connectivity index (χ3n) is 2.77. The summed E-state index contributed by atoms with van der Waals surface area (Å²) in [6.45, 7) is 0. The van der Waals surface area contributed by atoms with Crippen LogP contribution in [0.15, 0.2) is 48.3 Å². The Morgan fingerprint density at radius 3 is 2.86 bits per heavy atom. The van der Waals surface area contributed by atoms with Gasteiger partial charge in [0.1, 0.15) is 17.4 Å². The van der Waals surface area contributed by atoms with E-state index in [0.29, 0.717) is 22.0 Å². The third kappa shape index (κ3) is 3.84. The summed E-state index contributed by atoms with van der Waals surface area (Å²) in [6, 6.07) is 10.2. The number of nitrogens with zero attached hydrogens (tertiary/aromatic N) is 2. The lowest BCUT2D eigenvalue weighted by molar-refractivity contribution is -0.112. The number of anilines is 1. The van der Waals surface area contributed by atoms with Gasteiger partial charge in [-0.15, -0.1) is 0 Å². The number of hydrogen-bond acceptors (Lipinski definition) is 4. The zero-order valence-electron chi connectivity index (χ0n) is 11.7. The molecule has 0 spiro atoms. The number of halogens is 1. The number of aromatic nitrogens is 1. The molecular weight excluding hydrogens is 302 g/mol. The fourth-order valence-corrected chi connectivity index (χ4v) is 1.98. The van der Waals surface area contributed by atoms with E-state index in [-0.39, 0.29) is 5.57 Å². The van der Waals surface area contributed by atoms with Crippen LogP contribution in [-0.4, -0.2) is 18.0 Å². The second kappa shape index (κ2) is 7.25. The molecule has 5 nitrogen and oxygen atoms in total. The van der Waals surface area contributed by atoms with Gasteiger partial charge in [-0.25, -0.2) is 0 Å². The van der Waals surface area contributed by atoms with Gasteiger partial charge in [-0.3, -0.25) is 9.78 Å². The Hall–Kier alpha value is -2.84. The van der Waals surface area contributed by atoms with Crippen LogP contribution in [0.4, 0.5) is 5.69 Å². The van der Waals surface area contributed by atoms with E-state index >= 15 is 0 Å². The van der Waals surface area contributed by atoms with Crippen molar-refractivity contribution in [2.75, 3.05) is 12.4 Å². The van der Waals surface area contributed by atoms with Crippen molar-refractivity contribution in [1.29, 1.82) is 5.26 Å². The average molecular weight is 314 g/mol. The standard InChI is InChI=1S/C16H12ClN3O2/c1-22-15-5-4-13(8-14(15)17)20-16(21)12(9-18)7-11-3-2-6-19-10-11/h2-8,10H,1H3,(H,20,21)/b12-7+. The number of amides is 1. The molecule has 0 aliphatic carbocycles. The third-order valence-corrected chi connectivity index (χ3v) is 3.07. The molecule has 1 heterocycles. The van der Waals surface area contributed by atoms with Crippen LogP contribution in [0, 0.1) is 11.3 Å². The predicted octanol–water partition coefficient (Wildman–Crippen LogP) is 3.29. The summed E-state index contributed by atoms with van der Waals surface area (Å²) in [5.74, 6) is -0.0151. The van der Waals surface area contributed by atoms with Crippen molar-refractivity contribution in [2.24, 2.45) is 0 Å². The number of nitriles is 1. The Kier molecular flexibility index (Phi) is 5.12. The molecule has 22 heavy (non-hydrogen) atoms. The summed E-state index contributed by atoms with van der Waals surface area (Å²) in [5.41, 5.74) is 1.12. The van der Waals surface area contributed by atoms with Gasteiger partial charge in [-0.1, -0.05) is 17.7 Å². The van der Waals surface area contributed by atoms with Gasteiger partial charge in [0.15, 0.2) is 0 Å². The lowest BCUT2D eigenvalue weighted by Crippen LogP contribution is -2.13. The molecule has 0 atom stereocenters. The molecule has 0 aliphatic rings. The molecule has 0 unspecified atom stereocenters. The van der Waals surface area contributed by atoms with Crippen LogP contribution in [0.25, 0.3) is 6.08 Å². The summed E-state index contributed by atoms with van der Waals surface area (Å²) in [5, 5.41) is 12.1. The molecule has 0 radical (unpaired) electrons. The first kappa shape index (κ1) is 15.5. The Balaban J connectivity index is 2.18. The maximum absolute atomic E-state index is 12.1. The summed E-state index contributed by atoms with van der Waals surface area (Å²) in [4.78, 5) is 16.0. The van der Waals surface area contributed by atoms with Crippen molar-refractivity contribution in [3.8, 4) is 11.8 Å². The van der Waals surface area contributed by atoms with Crippen LogP contribution in [0.3, 0.4) is 0 Å². The second-order valence-electron chi connectivity index (χ2n) is 4.26. The molecule has 0 aliphatic heterocycles. The van der Waals surface area contributed by atoms with Crippen LogP contribution >= 0.6 is 11.6 Å². The molecule has 0 saturated heterocycles. The van der Waals surface area contributed by atoms with E-state index < -0.39 is 5.91 Å². The zero-order valence-corrected chi connectivity index (χ0v) is 12.5. The first-order chi connectivity index (χ1) is 10.6. The number of methoxy groups -OCH3 is 1. The fraction of sp³-hybridized carbons (Fsp3) is 0.0625. The molecule has 0 fully saturated rings. The van der Waals surface area contributed by atoms with Crippen LogP contribution < -0.4 is 10.1 Å². The van der Waals surface area contributed by atoms with Crippen molar-refractivity contribution in [2.45, 2.75) is 0 Å². The van der Waals surface area contributed by atoms with Gasteiger partial charge >= 0.3 is 0 Å². The number of ether oxygens (including phenoxy) is 1. The highest BCUT2D eigenvalue weighted by Gasteiger charge is 2.11. The van der Waals surface area contributed by atoms with Crippen molar-refractivity contribution in [1.82, 2.24) is 4.98 Å². The Labute approximate surface area is 132 Å². The van der Waals surface area contributed by atoms with E-state index in [2.05, 4.69) is 10.3 Å². The Bertz CT molecular complexity index is 752. The Morgan fingerprint density at radius 1 is 1.45 bits per heavy atom. The summed E-state index contributed by atoms with van der Waals surface area (Å²) in [6.07, 6.45) is 4.64. The molecule has 1 aromatic carbocycles. The number of pyridine rings is 1. The van der Waals surface area contributed by atoms with Crippen LogP contribution in [0.2, 0.25) is 5.02 Å². The molecule has 0 bridgehead atoms. The average Bonchev–Trinajstić information content (AvgIpc) is 2.53. The molecule has 1 N–H and O–H groups in total. The van der Waals surface area contributed by atoms with E-state index in [1.54, 1.807) is 42.7 Å². The maximum atomic E-state index is 12.1. The predicted molar refractivity (Wildman–Crippen MR) is 84.5 cm³/mol. The maximum Gasteiger partial charge on any atom is 0.266 e. The lowest BCUT2D eigenvalue weighted by Gasteiger charge is -2.07. The van der Waals surface area contributed by atoms with E-state index in [4.69, 9.17) is 21.6 Å². The molecule has 6 heteroatoms. The van der Waals surface area contributed by atoms with Crippen molar-refractivity contribution in [3.05, 3.63) is 58.9 Å². The first-order valence-electron chi connectivity index (χ1n) is 6.30. The van der Waals surface area contributed by atoms with Crippen LogP contribution in [-0.2, 0) is 4.79 Å². The Morgan fingerprint density at radius 2 is 2.27 bits per heavy atom. The number of hydrogen-bond donors (Lipinski definition) is 1. The monoisotopic (exact) mass is 313 g/mol. The van der Waals surface area contributed by atoms with Gasteiger partial charge in [0.25, 0.3) is 5.91 Å². The molecule has 1 amide bonds. The number of rotatable bonds is 4. The van der Waals surface area contributed by atoms with Gasteiger partial charge in [0.2, 0.25) is 0 Å². The summed E-state index contributed by atoms with van der Waals surface area (Å²) >= 11 is 5.99. The number of nitrogens with one attached hydrogen (secondary N) is 1. The molecule has 2 aromatic rings. The molecule has 1 aromatic heterocycles. The van der Waals surface area contributed by atoms with Gasteiger partial charge in [-0.05, 0) is 35.9 Å². The van der Waals surface area contributed by atoms with E-state index in [1.807, 2.05) is 6.07 Å². The summed E-state index contributed by atoms with van der Waals surface area (Å²) in [7, 11) is 1.50. The highest BCUT2D eigenvalue weighted by molar-refractivity contribution is 6.32. The zero-order chi connectivity index (χ0) is 15.9.